The molecule has 2 aromatic rings. The first-order chi connectivity index (χ1) is 11.7. The van der Waals surface area contributed by atoms with Crippen molar-refractivity contribution in [3.63, 3.8) is 0 Å². The highest BCUT2D eigenvalue weighted by Crippen LogP contribution is 2.31. The van der Waals surface area contributed by atoms with Crippen LogP contribution in [-0.2, 0) is 11.2 Å². The normalized spacial score (nSPS) is 15.8. The van der Waals surface area contributed by atoms with E-state index in [2.05, 4.69) is 15.3 Å². The molecule has 2 heterocycles. The fourth-order valence-corrected chi connectivity index (χ4v) is 2.49. The highest BCUT2D eigenvalue weighted by Gasteiger charge is 2.27. The minimum atomic E-state index is -0.305. The highest BCUT2D eigenvalue weighted by atomic mass is 16.5. The van der Waals surface area contributed by atoms with Crippen molar-refractivity contribution in [2.75, 3.05) is 25.6 Å². The van der Waals surface area contributed by atoms with Crippen LogP contribution in [0.25, 0.3) is 0 Å². The standard InChI is InChI=1S/C17H19N3O4/c1-3-23-13-4-5-15-11(7-13)6-12(10-24-15)16(21)20-17-18-8-14(22-2)9-19-17/h4-5,7-9,12H,3,6,10H2,1-2H3,(H,18,19,20,21). The summed E-state index contributed by atoms with van der Waals surface area (Å²) in [7, 11) is 1.53. The number of carbonyl (C=O) groups is 1. The SMILES string of the molecule is CCOc1ccc2c(c1)CC(C(=O)Nc1ncc(OC)cn1)CO2. The fourth-order valence-electron chi connectivity index (χ4n) is 2.49. The van der Waals surface area contributed by atoms with Crippen molar-refractivity contribution in [2.45, 2.75) is 13.3 Å². The first kappa shape index (κ1) is 16.0. The lowest BCUT2D eigenvalue weighted by atomic mass is 9.96. The Bertz CT molecular complexity index is 718. The third-order valence-electron chi connectivity index (χ3n) is 3.72. The molecule has 1 unspecified atom stereocenters. The summed E-state index contributed by atoms with van der Waals surface area (Å²) in [5.74, 6) is 1.87. The van der Waals surface area contributed by atoms with E-state index in [1.54, 1.807) is 0 Å². The Kier molecular flexibility index (Phi) is 4.79. The number of fused-ring (bicyclic) bond motifs is 1. The Labute approximate surface area is 140 Å². The van der Waals surface area contributed by atoms with E-state index in [1.807, 2.05) is 25.1 Å². The van der Waals surface area contributed by atoms with Crippen molar-refractivity contribution in [3.8, 4) is 17.2 Å². The van der Waals surface area contributed by atoms with E-state index in [0.717, 1.165) is 17.1 Å². The van der Waals surface area contributed by atoms with Gasteiger partial charge in [0.1, 0.15) is 18.1 Å². The quantitative estimate of drug-likeness (QED) is 0.904. The Balaban J connectivity index is 1.67. The molecule has 1 aliphatic rings. The van der Waals surface area contributed by atoms with Gasteiger partial charge >= 0.3 is 0 Å². The smallest absolute Gasteiger partial charge is 0.233 e. The number of hydrogen-bond donors (Lipinski definition) is 1. The van der Waals surface area contributed by atoms with Crippen LogP contribution in [-0.4, -0.2) is 36.2 Å². The summed E-state index contributed by atoms with van der Waals surface area (Å²) in [6.45, 7) is 2.85. The Morgan fingerprint density at radius 2 is 2.12 bits per heavy atom. The highest BCUT2D eigenvalue weighted by molar-refractivity contribution is 5.91. The van der Waals surface area contributed by atoms with Crippen molar-refractivity contribution in [1.82, 2.24) is 9.97 Å². The number of nitrogens with one attached hydrogen (secondary N) is 1. The van der Waals surface area contributed by atoms with Crippen LogP contribution in [0.5, 0.6) is 17.2 Å². The van der Waals surface area contributed by atoms with Crippen molar-refractivity contribution < 1.29 is 19.0 Å². The molecule has 126 valence electrons. The van der Waals surface area contributed by atoms with Crippen LogP contribution in [0.4, 0.5) is 5.95 Å². The average molecular weight is 329 g/mol. The molecule has 1 aliphatic heterocycles. The number of aromatic nitrogens is 2. The zero-order valence-corrected chi connectivity index (χ0v) is 13.6. The lowest BCUT2D eigenvalue weighted by Crippen LogP contribution is -2.33. The number of carbonyl (C=O) groups excluding carboxylic acids is 1. The summed E-state index contributed by atoms with van der Waals surface area (Å²) in [4.78, 5) is 20.5. The maximum absolute atomic E-state index is 12.4. The molecule has 1 aromatic heterocycles. The fraction of sp³-hybridized carbons (Fsp3) is 0.353. The summed E-state index contributed by atoms with van der Waals surface area (Å²) in [5.41, 5.74) is 0.961. The number of methoxy groups -OCH3 is 1. The summed E-state index contributed by atoms with van der Waals surface area (Å²) < 4.78 is 16.2. The van der Waals surface area contributed by atoms with Gasteiger partial charge in [-0.15, -0.1) is 0 Å². The van der Waals surface area contributed by atoms with Gasteiger partial charge in [-0.05, 0) is 37.1 Å². The largest absolute Gasteiger partial charge is 0.494 e. The number of ether oxygens (including phenoxy) is 3. The maximum atomic E-state index is 12.4. The zero-order chi connectivity index (χ0) is 16.9. The van der Waals surface area contributed by atoms with Crippen LogP contribution in [0.1, 0.15) is 12.5 Å². The Hall–Kier alpha value is -2.83. The molecule has 0 spiro atoms. The molecule has 24 heavy (non-hydrogen) atoms. The average Bonchev–Trinajstić information content (AvgIpc) is 2.62. The predicted octanol–water partition coefficient (Wildman–Crippen LogP) is 2.07. The molecular weight excluding hydrogens is 310 g/mol. The summed E-state index contributed by atoms with van der Waals surface area (Å²) in [6, 6.07) is 5.66. The van der Waals surface area contributed by atoms with Crippen molar-refractivity contribution in [3.05, 3.63) is 36.2 Å². The number of rotatable bonds is 5. The van der Waals surface area contributed by atoms with E-state index in [9.17, 15) is 4.79 Å². The first-order valence-electron chi connectivity index (χ1n) is 7.75. The van der Waals surface area contributed by atoms with Gasteiger partial charge in [-0.2, -0.15) is 0 Å². The molecule has 0 aliphatic carbocycles. The van der Waals surface area contributed by atoms with E-state index in [-0.39, 0.29) is 17.8 Å². The first-order valence-corrected chi connectivity index (χ1v) is 7.75. The predicted molar refractivity (Wildman–Crippen MR) is 87.5 cm³/mol. The Morgan fingerprint density at radius 3 is 2.83 bits per heavy atom. The summed E-state index contributed by atoms with van der Waals surface area (Å²) in [5, 5.41) is 2.71. The van der Waals surface area contributed by atoms with Gasteiger partial charge in [0, 0.05) is 0 Å². The third kappa shape index (κ3) is 3.56. The molecule has 0 saturated heterocycles. The molecule has 1 N–H and O–H groups in total. The molecule has 7 nitrogen and oxygen atoms in total. The Morgan fingerprint density at radius 1 is 1.33 bits per heavy atom. The van der Waals surface area contributed by atoms with Crippen molar-refractivity contribution in [1.29, 1.82) is 0 Å². The van der Waals surface area contributed by atoms with Gasteiger partial charge in [0.05, 0.1) is 32.0 Å². The van der Waals surface area contributed by atoms with Crippen LogP contribution in [0.3, 0.4) is 0 Å². The minimum Gasteiger partial charge on any atom is -0.494 e. The van der Waals surface area contributed by atoms with E-state index >= 15 is 0 Å². The number of hydrogen-bond acceptors (Lipinski definition) is 6. The molecule has 0 saturated carbocycles. The second-order valence-corrected chi connectivity index (χ2v) is 5.35. The molecule has 1 amide bonds. The second kappa shape index (κ2) is 7.16. The lowest BCUT2D eigenvalue weighted by molar-refractivity contribution is -0.121. The molecule has 0 bridgehead atoms. The lowest BCUT2D eigenvalue weighted by Gasteiger charge is -2.24. The zero-order valence-electron chi connectivity index (χ0n) is 13.6. The number of nitrogens with zero attached hydrogens (tertiary/aromatic N) is 2. The summed E-state index contributed by atoms with van der Waals surface area (Å²) >= 11 is 0. The van der Waals surface area contributed by atoms with Crippen LogP contribution in [0, 0.1) is 5.92 Å². The van der Waals surface area contributed by atoms with Gasteiger partial charge < -0.3 is 14.2 Å². The van der Waals surface area contributed by atoms with E-state index < -0.39 is 0 Å². The van der Waals surface area contributed by atoms with Crippen LogP contribution in [0.15, 0.2) is 30.6 Å². The van der Waals surface area contributed by atoms with Gasteiger partial charge in [-0.1, -0.05) is 0 Å². The van der Waals surface area contributed by atoms with Crippen molar-refractivity contribution >= 4 is 11.9 Å². The monoisotopic (exact) mass is 329 g/mol. The van der Waals surface area contributed by atoms with Crippen molar-refractivity contribution in [2.24, 2.45) is 5.92 Å². The molecule has 1 aromatic carbocycles. The maximum Gasteiger partial charge on any atom is 0.233 e. The molecule has 0 radical (unpaired) electrons. The topological polar surface area (TPSA) is 82.6 Å². The third-order valence-corrected chi connectivity index (χ3v) is 3.72. The van der Waals surface area contributed by atoms with Gasteiger partial charge in [-0.25, -0.2) is 9.97 Å². The van der Waals surface area contributed by atoms with Gasteiger partial charge in [-0.3, -0.25) is 10.1 Å². The number of anilines is 1. The molecular formula is C17H19N3O4. The van der Waals surface area contributed by atoms with Gasteiger partial charge in [0.25, 0.3) is 0 Å². The number of amides is 1. The van der Waals surface area contributed by atoms with Gasteiger partial charge in [0.15, 0.2) is 5.75 Å². The van der Waals surface area contributed by atoms with E-state index in [0.29, 0.717) is 25.4 Å². The van der Waals surface area contributed by atoms with E-state index in [1.165, 1.54) is 19.5 Å². The van der Waals surface area contributed by atoms with Crippen LogP contribution >= 0.6 is 0 Å². The van der Waals surface area contributed by atoms with Crippen LogP contribution in [0.2, 0.25) is 0 Å². The second-order valence-electron chi connectivity index (χ2n) is 5.35. The van der Waals surface area contributed by atoms with Gasteiger partial charge in [0.2, 0.25) is 11.9 Å². The van der Waals surface area contributed by atoms with Crippen LogP contribution < -0.4 is 19.5 Å². The summed E-state index contributed by atoms with van der Waals surface area (Å²) in [6.07, 6.45) is 3.59. The minimum absolute atomic E-state index is 0.173. The molecule has 1 atom stereocenters. The number of benzene rings is 1. The van der Waals surface area contributed by atoms with E-state index in [4.69, 9.17) is 14.2 Å². The molecule has 3 rings (SSSR count). The molecule has 0 fully saturated rings. The molecule has 7 heteroatoms.